The summed E-state index contributed by atoms with van der Waals surface area (Å²) in [5.41, 5.74) is 4.00. The van der Waals surface area contributed by atoms with Crippen molar-refractivity contribution >= 4 is 17.8 Å². The van der Waals surface area contributed by atoms with Crippen molar-refractivity contribution in [1.29, 1.82) is 0 Å². The molecule has 1 aliphatic carbocycles. The summed E-state index contributed by atoms with van der Waals surface area (Å²) in [6, 6.07) is 19.9. The lowest BCUT2D eigenvalue weighted by atomic mass is 9.84. The summed E-state index contributed by atoms with van der Waals surface area (Å²) in [4.78, 5) is 33.7. The minimum atomic E-state index is -1.44. The summed E-state index contributed by atoms with van der Waals surface area (Å²) >= 11 is 0. The Balaban J connectivity index is 2.03. The Bertz CT molecular complexity index is 1170. The van der Waals surface area contributed by atoms with E-state index in [-0.39, 0.29) is 26.1 Å². The van der Waals surface area contributed by atoms with Gasteiger partial charge in [-0.05, 0) is 30.5 Å². The van der Waals surface area contributed by atoms with Crippen LogP contribution < -0.4 is 4.90 Å². The molecule has 1 aromatic heterocycles. The second-order valence-corrected chi connectivity index (χ2v) is 8.62. The van der Waals surface area contributed by atoms with Gasteiger partial charge in [0.15, 0.2) is 5.41 Å². The van der Waals surface area contributed by atoms with Gasteiger partial charge in [-0.15, -0.1) is 0 Å². The molecular formula is C28H30N2O4. The molecule has 3 aromatic rings. The summed E-state index contributed by atoms with van der Waals surface area (Å²) < 4.78 is 10.9. The molecule has 1 aliphatic rings. The number of nitrogens with zero attached hydrogens (tertiary/aromatic N) is 2. The maximum absolute atomic E-state index is 13.3. The average Bonchev–Trinajstić information content (AvgIpc) is 3.26. The Labute approximate surface area is 200 Å². The molecular weight excluding hydrogens is 428 g/mol. The van der Waals surface area contributed by atoms with Gasteiger partial charge in [-0.1, -0.05) is 60.7 Å². The number of pyridine rings is 1. The van der Waals surface area contributed by atoms with E-state index < -0.39 is 17.4 Å². The smallest absolute Gasteiger partial charge is 0.324 e. The van der Waals surface area contributed by atoms with E-state index in [0.717, 1.165) is 39.3 Å². The van der Waals surface area contributed by atoms with Crippen LogP contribution in [0.1, 0.15) is 25.0 Å². The maximum atomic E-state index is 13.3. The van der Waals surface area contributed by atoms with Gasteiger partial charge in [-0.2, -0.15) is 0 Å². The van der Waals surface area contributed by atoms with Crippen molar-refractivity contribution < 1.29 is 19.1 Å². The van der Waals surface area contributed by atoms with Crippen LogP contribution in [0.25, 0.3) is 22.4 Å². The number of carbonyl (C=O) groups is 2. The number of fused-ring (bicyclic) bond motifs is 1. The van der Waals surface area contributed by atoms with E-state index in [2.05, 4.69) is 0 Å². The van der Waals surface area contributed by atoms with E-state index in [0.29, 0.717) is 0 Å². The van der Waals surface area contributed by atoms with Gasteiger partial charge in [0.2, 0.25) is 0 Å². The SMILES string of the molecule is CCOC(=O)C1(C(=O)OCC)Cc2c(-c3ccccc3)nc(N(C)C)c(-c3ccccc3)c2C1. The van der Waals surface area contributed by atoms with Crippen molar-refractivity contribution in [2.75, 3.05) is 32.2 Å². The topological polar surface area (TPSA) is 68.7 Å². The number of rotatable bonds is 7. The van der Waals surface area contributed by atoms with Gasteiger partial charge in [-0.25, -0.2) is 4.98 Å². The Morgan fingerprint density at radius 1 is 0.824 bits per heavy atom. The first kappa shape index (κ1) is 23.5. The van der Waals surface area contributed by atoms with E-state index in [1.54, 1.807) is 13.8 Å². The van der Waals surface area contributed by atoms with Crippen LogP contribution >= 0.6 is 0 Å². The molecule has 0 saturated heterocycles. The van der Waals surface area contributed by atoms with Crippen LogP contribution in [0.4, 0.5) is 5.82 Å². The number of esters is 2. The summed E-state index contributed by atoms with van der Waals surface area (Å²) in [7, 11) is 3.91. The molecule has 0 aliphatic heterocycles. The number of anilines is 1. The minimum Gasteiger partial charge on any atom is -0.465 e. The lowest BCUT2D eigenvalue weighted by Crippen LogP contribution is -2.43. The van der Waals surface area contributed by atoms with E-state index in [4.69, 9.17) is 14.5 Å². The zero-order chi connectivity index (χ0) is 24.3. The van der Waals surface area contributed by atoms with E-state index in [1.165, 1.54) is 0 Å². The molecule has 0 fully saturated rings. The highest BCUT2D eigenvalue weighted by atomic mass is 16.6. The number of hydrogen-bond acceptors (Lipinski definition) is 6. The Morgan fingerprint density at radius 3 is 1.82 bits per heavy atom. The molecule has 0 radical (unpaired) electrons. The average molecular weight is 459 g/mol. The molecule has 6 heteroatoms. The standard InChI is InChI=1S/C28H30N2O4/c1-5-33-26(31)28(27(32)34-6-2)17-21-22(18-28)24(20-15-11-8-12-16-20)29-25(30(3)4)23(21)19-13-9-7-10-14-19/h7-16H,5-6,17-18H2,1-4H3. The van der Waals surface area contributed by atoms with Crippen LogP contribution in [-0.2, 0) is 31.9 Å². The molecule has 6 nitrogen and oxygen atoms in total. The monoisotopic (exact) mass is 458 g/mol. The normalized spacial score (nSPS) is 13.8. The van der Waals surface area contributed by atoms with Crippen molar-refractivity contribution in [2.24, 2.45) is 5.41 Å². The van der Waals surface area contributed by atoms with Gasteiger partial charge >= 0.3 is 11.9 Å². The van der Waals surface area contributed by atoms with Gasteiger partial charge in [0, 0.05) is 38.1 Å². The number of benzene rings is 2. The Morgan fingerprint density at radius 2 is 1.32 bits per heavy atom. The quantitative estimate of drug-likeness (QED) is 0.378. The molecule has 176 valence electrons. The van der Waals surface area contributed by atoms with Crippen molar-refractivity contribution in [2.45, 2.75) is 26.7 Å². The molecule has 0 atom stereocenters. The fourth-order valence-electron chi connectivity index (χ4n) is 4.69. The third kappa shape index (κ3) is 4.04. The summed E-state index contributed by atoms with van der Waals surface area (Å²) in [5.74, 6) is -0.310. The second kappa shape index (κ2) is 9.67. The van der Waals surface area contributed by atoms with Crippen LogP contribution in [0.3, 0.4) is 0 Å². The van der Waals surface area contributed by atoms with Crippen molar-refractivity contribution in [1.82, 2.24) is 4.98 Å². The number of ether oxygens (including phenoxy) is 2. The zero-order valence-corrected chi connectivity index (χ0v) is 20.1. The summed E-state index contributed by atoms with van der Waals surface area (Å²) in [6.07, 6.45) is 0.387. The van der Waals surface area contributed by atoms with Crippen LogP contribution in [0.15, 0.2) is 60.7 Å². The Hall–Kier alpha value is -3.67. The predicted molar refractivity (Wildman–Crippen MR) is 133 cm³/mol. The number of aromatic nitrogens is 1. The largest absolute Gasteiger partial charge is 0.465 e. The highest BCUT2D eigenvalue weighted by molar-refractivity contribution is 6.03. The molecule has 0 spiro atoms. The highest BCUT2D eigenvalue weighted by Gasteiger charge is 2.54. The minimum absolute atomic E-state index is 0.185. The zero-order valence-electron chi connectivity index (χ0n) is 20.1. The van der Waals surface area contributed by atoms with Crippen molar-refractivity contribution in [3.63, 3.8) is 0 Å². The molecule has 0 saturated carbocycles. The van der Waals surface area contributed by atoms with Gasteiger partial charge < -0.3 is 14.4 Å². The first-order valence-corrected chi connectivity index (χ1v) is 11.6. The molecule has 0 bridgehead atoms. The molecule has 0 N–H and O–H groups in total. The fraction of sp³-hybridized carbons (Fsp3) is 0.321. The lowest BCUT2D eigenvalue weighted by molar-refractivity contribution is -0.171. The van der Waals surface area contributed by atoms with Crippen molar-refractivity contribution in [3.8, 4) is 22.4 Å². The number of carbonyl (C=O) groups excluding carboxylic acids is 2. The first-order chi connectivity index (χ1) is 16.4. The van der Waals surface area contributed by atoms with E-state index in [9.17, 15) is 9.59 Å². The Kier molecular flexibility index (Phi) is 6.68. The van der Waals surface area contributed by atoms with Gasteiger partial charge in [0.1, 0.15) is 5.82 Å². The highest BCUT2D eigenvalue weighted by Crippen LogP contribution is 2.49. The number of hydrogen-bond donors (Lipinski definition) is 0. The molecule has 2 aromatic carbocycles. The molecule has 0 unspecified atom stereocenters. The first-order valence-electron chi connectivity index (χ1n) is 11.6. The maximum Gasteiger partial charge on any atom is 0.324 e. The molecule has 34 heavy (non-hydrogen) atoms. The summed E-state index contributed by atoms with van der Waals surface area (Å²) in [6.45, 7) is 3.87. The fourth-order valence-corrected chi connectivity index (χ4v) is 4.69. The lowest BCUT2D eigenvalue weighted by Gasteiger charge is -2.24. The van der Waals surface area contributed by atoms with Crippen LogP contribution in [0.2, 0.25) is 0 Å². The van der Waals surface area contributed by atoms with E-state index in [1.807, 2.05) is 79.7 Å². The molecule has 0 amide bonds. The van der Waals surface area contributed by atoms with Crippen LogP contribution in [0.5, 0.6) is 0 Å². The third-order valence-electron chi connectivity index (χ3n) is 6.22. The van der Waals surface area contributed by atoms with E-state index >= 15 is 0 Å². The van der Waals surface area contributed by atoms with Crippen LogP contribution in [0, 0.1) is 5.41 Å². The van der Waals surface area contributed by atoms with Gasteiger partial charge in [0.25, 0.3) is 0 Å². The van der Waals surface area contributed by atoms with Crippen molar-refractivity contribution in [3.05, 3.63) is 71.8 Å². The third-order valence-corrected chi connectivity index (χ3v) is 6.22. The predicted octanol–water partition coefficient (Wildman–Crippen LogP) is 4.69. The van der Waals surface area contributed by atoms with Gasteiger partial charge in [0.05, 0.1) is 18.9 Å². The van der Waals surface area contributed by atoms with Crippen LogP contribution in [-0.4, -0.2) is 44.2 Å². The second-order valence-electron chi connectivity index (χ2n) is 8.62. The summed E-state index contributed by atoms with van der Waals surface area (Å²) in [5, 5.41) is 0. The molecule has 4 rings (SSSR count). The van der Waals surface area contributed by atoms with Gasteiger partial charge in [-0.3, -0.25) is 9.59 Å². The molecule has 1 heterocycles.